The summed E-state index contributed by atoms with van der Waals surface area (Å²) in [5.41, 5.74) is 2.06. The van der Waals surface area contributed by atoms with Crippen molar-refractivity contribution in [2.24, 2.45) is 0 Å². The number of nitro benzene ring substituents is 1. The van der Waals surface area contributed by atoms with Gasteiger partial charge in [-0.1, -0.05) is 0 Å². The van der Waals surface area contributed by atoms with E-state index in [2.05, 4.69) is 9.97 Å². The maximum absolute atomic E-state index is 11.8. The number of rotatable bonds is 2. The smallest absolute Gasteiger partial charge is 0.347 e. The van der Waals surface area contributed by atoms with Crippen LogP contribution in [0.1, 0.15) is 12.0 Å². The number of hydrogen-bond acceptors (Lipinski definition) is 5. The Balaban J connectivity index is 2.14. The van der Waals surface area contributed by atoms with Crippen LogP contribution < -0.4 is 10.6 Å². The van der Waals surface area contributed by atoms with E-state index in [1.807, 2.05) is 11.9 Å². The summed E-state index contributed by atoms with van der Waals surface area (Å²) in [6.45, 7) is 0.864. The van der Waals surface area contributed by atoms with Gasteiger partial charge in [-0.15, -0.1) is 0 Å². The first-order valence-electron chi connectivity index (χ1n) is 6.65. The Hall–Kier alpha value is -2.70. The third-order valence-electron chi connectivity index (χ3n) is 3.66. The minimum atomic E-state index is -0.442. The number of aromatic nitrogens is 2. The SMILES string of the molecule is CN1CCCc2c1nc(=O)[nH]c2-c1ccc([N+](=O)[O-])cc1. The molecular formula is C14H14N4O3. The highest BCUT2D eigenvalue weighted by Gasteiger charge is 2.21. The molecule has 1 aliphatic rings. The highest BCUT2D eigenvalue weighted by atomic mass is 16.6. The third kappa shape index (κ3) is 2.37. The lowest BCUT2D eigenvalue weighted by Crippen LogP contribution is -2.30. The zero-order valence-electron chi connectivity index (χ0n) is 11.5. The van der Waals surface area contributed by atoms with Crippen molar-refractivity contribution in [3.63, 3.8) is 0 Å². The number of benzene rings is 1. The zero-order chi connectivity index (χ0) is 15.0. The average Bonchev–Trinajstić information content (AvgIpc) is 2.47. The molecule has 0 bridgehead atoms. The summed E-state index contributed by atoms with van der Waals surface area (Å²) in [6, 6.07) is 6.18. The van der Waals surface area contributed by atoms with Gasteiger partial charge >= 0.3 is 5.69 Å². The van der Waals surface area contributed by atoms with Crippen LogP contribution in [0, 0.1) is 10.1 Å². The number of fused-ring (bicyclic) bond motifs is 1. The second kappa shape index (κ2) is 5.01. The van der Waals surface area contributed by atoms with Gasteiger partial charge in [0.1, 0.15) is 5.82 Å². The Morgan fingerprint density at radius 2 is 2.05 bits per heavy atom. The number of non-ortho nitro benzene ring substituents is 1. The predicted octanol–water partition coefficient (Wildman–Crippen LogP) is 1.73. The standard InChI is InChI=1S/C14H14N4O3/c1-17-8-2-3-11-12(15-14(19)16-13(11)17)9-4-6-10(7-5-9)18(20)21/h4-7H,2-3,8H2,1H3,(H,15,16,19). The fourth-order valence-corrected chi connectivity index (χ4v) is 2.63. The molecule has 108 valence electrons. The fourth-order valence-electron chi connectivity index (χ4n) is 2.63. The molecule has 1 N–H and O–H groups in total. The molecule has 7 heteroatoms. The number of hydrogen-bond donors (Lipinski definition) is 1. The summed E-state index contributed by atoms with van der Waals surface area (Å²) < 4.78 is 0. The van der Waals surface area contributed by atoms with Crippen LogP contribution in [0.15, 0.2) is 29.1 Å². The van der Waals surface area contributed by atoms with E-state index in [1.165, 1.54) is 12.1 Å². The Bertz CT molecular complexity index is 752. The highest BCUT2D eigenvalue weighted by molar-refractivity contribution is 5.70. The Morgan fingerprint density at radius 3 is 2.71 bits per heavy atom. The minimum Gasteiger partial charge on any atom is -0.359 e. The number of H-pyrrole nitrogens is 1. The van der Waals surface area contributed by atoms with Crippen molar-refractivity contribution in [2.45, 2.75) is 12.8 Å². The molecule has 1 aromatic heterocycles. The molecule has 0 fully saturated rings. The number of anilines is 1. The first-order chi connectivity index (χ1) is 10.1. The van der Waals surface area contributed by atoms with E-state index in [4.69, 9.17) is 0 Å². The quantitative estimate of drug-likeness (QED) is 0.670. The summed E-state index contributed by atoms with van der Waals surface area (Å²) in [4.78, 5) is 30.8. The summed E-state index contributed by atoms with van der Waals surface area (Å²) in [5, 5.41) is 10.7. The van der Waals surface area contributed by atoms with Crippen molar-refractivity contribution in [3.05, 3.63) is 50.4 Å². The molecule has 0 amide bonds. The van der Waals surface area contributed by atoms with Gasteiger partial charge in [-0.25, -0.2) is 4.79 Å². The monoisotopic (exact) mass is 286 g/mol. The first kappa shape index (κ1) is 13.3. The number of nitrogens with zero attached hydrogens (tertiary/aromatic N) is 3. The molecule has 0 radical (unpaired) electrons. The second-order valence-electron chi connectivity index (χ2n) is 5.05. The molecule has 0 saturated carbocycles. The molecule has 2 heterocycles. The Labute approximate surface area is 120 Å². The highest BCUT2D eigenvalue weighted by Crippen LogP contribution is 2.31. The van der Waals surface area contributed by atoms with Crippen LogP contribution in [0.4, 0.5) is 11.5 Å². The van der Waals surface area contributed by atoms with Crippen LogP contribution in [-0.2, 0) is 6.42 Å². The maximum Gasteiger partial charge on any atom is 0.347 e. The summed E-state index contributed by atoms with van der Waals surface area (Å²) in [6.07, 6.45) is 1.81. The number of nitro groups is 1. The average molecular weight is 286 g/mol. The lowest BCUT2D eigenvalue weighted by atomic mass is 9.99. The van der Waals surface area contributed by atoms with E-state index in [1.54, 1.807) is 12.1 Å². The molecule has 0 atom stereocenters. The van der Waals surface area contributed by atoms with Crippen LogP contribution in [0.25, 0.3) is 11.3 Å². The van der Waals surface area contributed by atoms with Gasteiger partial charge in [-0.2, -0.15) is 4.98 Å². The molecule has 3 rings (SSSR count). The van der Waals surface area contributed by atoms with Crippen LogP contribution in [0.5, 0.6) is 0 Å². The van der Waals surface area contributed by atoms with E-state index in [0.717, 1.165) is 30.5 Å². The van der Waals surface area contributed by atoms with Crippen LogP contribution in [0.3, 0.4) is 0 Å². The molecule has 0 saturated heterocycles. The summed E-state index contributed by atoms with van der Waals surface area (Å²) in [7, 11) is 1.91. The van der Waals surface area contributed by atoms with Gasteiger partial charge in [-0.05, 0) is 30.5 Å². The van der Waals surface area contributed by atoms with Crippen molar-refractivity contribution in [1.29, 1.82) is 0 Å². The second-order valence-corrected chi connectivity index (χ2v) is 5.05. The zero-order valence-corrected chi connectivity index (χ0v) is 11.5. The van der Waals surface area contributed by atoms with Crippen LogP contribution >= 0.6 is 0 Å². The van der Waals surface area contributed by atoms with Crippen molar-refractivity contribution in [3.8, 4) is 11.3 Å². The first-order valence-corrected chi connectivity index (χ1v) is 6.65. The van der Waals surface area contributed by atoms with E-state index < -0.39 is 10.6 Å². The van der Waals surface area contributed by atoms with Crippen LogP contribution in [-0.4, -0.2) is 28.5 Å². The summed E-state index contributed by atoms with van der Waals surface area (Å²) in [5.74, 6) is 0.693. The molecule has 0 spiro atoms. The topological polar surface area (TPSA) is 92.1 Å². The molecule has 1 aliphatic heterocycles. The third-order valence-corrected chi connectivity index (χ3v) is 3.66. The van der Waals surface area contributed by atoms with E-state index in [9.17, 15) is 14.9 Å². The molecule has 1 aromatic carbocycles. The maximum atomic E-state index is 11.8. The largest absolute Gasteiger partial charge is 0.359 e. The molecule has 0 unspecified atom stereocenters. The van der Waals surface area contributed by atoms with Crippen molar-refractivity contribution < 1.29 is 4.92 Å². The van der Waals surface area contributed by atoms with Crippen LogP contribution in [0.2, 0.25) is 0 Å². The number of aromatic amines is 1. The molecule has 0 aliphatic carbocycles. The van der Waals surface area contributed by atoms with Gasteiger partial charge in [0.15, 0.2) is 0 Å². The van der Waals surface area contributed by atoms with E-state index >= 15 is 0 Å². The molecule has 21 heavy (non-hydrogen) atoms. The lowest BCUT2D eigenvalue weighted by molar-refractivity contribution is -0.384. The lowest BCUT2D eigenvalue weighted by Gasteiger charge is -2.27. The number of nitrogens with one attached hydrogen (secondary N) is 1. The summed E-state index contributed by atoms with van der Waals surface area (Å²) >= 11 is 0. The molecular weight excluding hydrogens is 272 g/mol. The Morgan fingerprint density at radius 1 is 1.33 bits per heavy atom. The Kier molecular flexibility index (Phi) is 3.17. The van der Waals surface area contributed by atoms with Gasteiger partial charge in [-0.3, -0.25) is 10.1 Å². The van der Waals surface area contributed by atoms with Crippen molar-refractivity contribution in [1.82, 2.24) is 9.97 Å². The van der Waals surface area contributed by atoms with Crippen molar-refractivity contribution >= 4 is 11.5 Å². The van der Waals surface area contributed by atoms with Gasteiger partial charge in [0.2, 0.25) is 0 Å². The van der Waals surface area contributed by atoms with Gasteiger partial charge < -0.3 is 9.88 Å². The minimum absolute atomic E-state index is 0.0288. The van der Waals surface area contributed by atoms with Gasteiger partial charge in [0, 0.05) is 31.3 Å². The van der Waals surface area contributed by atoms with Gasteiger partial charge in [0.25, 0.3) is 5.69 Å². The van der Waals surface area contributed by atoms with E-state index in [0.29, 0.717) is 11.5 Å². The van der Waals surface area contributed by atoms with E-state index in [-0.39, 0.29) is 5.69 Å². The fraction of sp³-hybridized carbons (Fsp3) is 0.286. The predicted molar refractivity (Wildman–Crippen MR) is 78.5 cm³/mol. The van der Waals surface area contributed by atoms with Crippen molar-refractivity contribution in [2.75, 3.05) is 18.5 Å². The normalized spacial score (nSPS) is 13.9. The molecule has 2 aromatic rings. The molecule has 7 nitrogen and oxygen atoms in total. The van der Waals surface area contributed by atoms with Gasteiger partial charge in [0.05, 0.1) is 10.6 Å².